The predicted octanol–water partition coefficient (Wildman–Crippen LogP) is 2.63. The molecule has 1 rings (SSSR count). The number of hydrogen-bond acceptors (Lipinski definition) is 2. The predicted molar refractivity (Wildman–Crippen MR) is 51.5 cm³/mol. The van der Waals surface area contributed by atoms with E-state index in [0.29, 0.717) is 15.7 Å². The van der Waals surface area contributed by atoms with Gasteiger partial charge in [-0.25, -0.2) is 4.39 Å². The number of benzene rings is 1. The molecule has 0 saturated carbocycles. The summed E-state index contributed by atoms with van der Waals surface area (Å²) < 4.78 is 13.3. The molecule has 0 spiro atoms. The van der Waals surface area contributed by atoms with Gasteiger partial charge in [-0.05, 0) is 28.1 Å². The molecule has 0 aromatic heterocycles. The summed E-state index contributed by atoms with van der Waals surface area (Å²) in [7, 11) is 1.69. The quantitative estimate of drug-likeness (QED) is 0.754. The lowest BCUT2D eigenvalue weighted by molar-refractivity contribution is 0.621. The Morgan fingerprint density at radius 2 is 2.25 bits per heavy atom. The smallest absolute Gasteiger partial charge is 0.139 e. The van der Waals surface area contributed by atoms with E-state index in [2.05, 4.69) is 21.2 Å². The fraction of sp³-hybridized carbons (Fsp3) is 0.125. The molecule has 0 heterocycles. The summed E-state index contributed by atoms with van der Waals surface area (Å²) in [5, 5.41) is 9.86. The molecule has 64 valence electrons. The van der Waals surface area contributed by atoms with Crippen molar-refractivity contribution < 1.29 is 4.39 Å². The Morgan fingerprint density at radius 3 is 2.75 bits per heavy atom. The number of nitrogens with one attached hydrogen (secondary N) is 2. The summed E-state index contributed by atoms with van der Waals surface area (Å²) in [6, 6.07) is 2.88. The maximum atomic E-state index is 12.9. The standard InChI is InChI=1S/C8H8BrFN2/c1-12-8-5(4-11)2-3-6(10)7(8)9/h2-4,11-12H,1H3. The molecule has 1 aromatic carbocycles. The van der Waals surface area contributed by atoms with E-state index in [9.17, 15) is 4.39 Å². The molecule has 2 nitrogen and oxygen atoms in total. The second-order valence-corrected chi connectivity index (χ2v) is 3.01. The summed E-state index contributed by atoms with van der Waals surface area (Å²) in [5.74, 6) is -0.329. The van der Waals surface area contributed by atoms with Crippen LogP contribution in [0.2, 0.25) is 0 Å². The van der Waals surface area contributed by atoms with E-state index in [0.717, 1.165) is 0 Å². The molecule has 0 amide bonds. The van der Waals surface area contributed by atoms with E-state index >= 15 is 0 Å². The van der Waals surface area contributed by atoms with Crippen molar-refractivity contribution in [1.82, 2.24) is 0 Å². The third-order valence-corrected chi connectivity index (χ3v) is 2.31. The van der Waals surface area contributed by atoms with E-state index in [-0.39, 0.29) is 5.82 Å². The molecule has 0 fully saturated rings. The first kappa shape index (κ1) is 9.19. The van der Waals surface area contributed by atoms with Crippen LogP contribution >= 0.6 is 15.9 Å². The Morgan fingerprint density at radius 1 is 1.58 bits per heavy atom. The first-order valence-electron chi connectivity index (χ1n) is 3.37. The molecule has 12 heavy (non-hydrogen) atoms. The second kappa shape index (κ2) is 3.67. The minimum atomic E-state index is -0.329. The summed E-state index contributed by atoms with van der Waals surface area (Å²) in [4.78, 5) is 0. The van der Waals surface area contributed by atoms with Gasteiger partial charge in [0.15, 0.2) is 0 Å². The summed E-state index contributed by atoms with van der Waals surface area (Å²) >= 11 is 3.09. The van der Waals surface area contributed by atoms with Gasteiger partial charge in [0.2, 0.25) is 0 Å². The highest BCUT2D eigenvalue weighted by molar-refractivity contribution is 9.10. The Hall–Kier alpha value is -0.900. The molecular formula is C8H8BrFN2. The van der Waals surface area contributed by atoms with Gasteiger partial charge in [0, 0.05) is 18.8 Å². The Kier molecular flexibility index (Phi) is 2.81. The van der Waals surface area contributed by atoms with E-state index in [1.54, 1.807) is 13.1 Å². The van der Waals surface area contributed by atoms with Gasteiger partial charge in [-0.2, -0.15) is 0 Å². The van der Waals surface area contributed by atoms with Crippen LogP contribution in [0.25, 0.3) is 0 Å². The van der Waals surface area contributed by atoms with Gasteiger partial charge in [-0.15, -0.1) is 0 Å². The third kappa shape index (κ3) is 1.48. The normalized spacial score (nSPS) is 9.58. The zero-order valence-electron chi connectivity index (χ0n) is 6.49. The van der Waals surface area contributed by atoms with Crippen molar-refractivity contribution in [2.24, 2.45) is 0 Å². The Balaban J connectivity index is 3.35. The molecule has 0 bridgehead atoms. The van der Waals surface area contributed by atoms with Gasteiger partial charge in [0.1, 0.15) is 5.82 Å². The zero-order valence-corrected chi connectivity index (χ0v) is 8.07. The maximum Gasteiger partial charge on any atom is 0.139 e. The van der Waals surface area contributed by atoms with Crippen LogP contribution in [0.4, 0.5) is 10.1 Å². The lowest BCUT2D eigenvalue weighted by Gasteiger charge is -2.07. The molecule has 4 heteroatoms. The third-order valence-electron chi connectivity index (χ3n) is 1.53. The fourth-order valence-corrected chi connectivity index (χ4v) is 1.50. The van der Waals surface area contributed by atoms with Gasteiger partial charge < -0.3 is 10.7 Å². The second-order valence-electron chi connectivity index (χ2n) is 2.22. The van der Waals surface area contributed by atoms with E-state index in [1.807, 2.05) is 0 Å². The van der Waals surface area contributed by atoms with Gasteiger partial charge in [-0.3, -0.25) is 0 Å². The van der Waals surface area contributed by atoms with Crippen LogP contribution in [0.5, 0.6) is 0 Å². The number of rotatable bonds is 2. The average molecular weight is 231 g/mol. The summed E-state index contributed by atoms with van der Waals surface area (Å²) in [6.45, 7) is 0. The SMILES string of the molecule is CNc1c(C=N)ccc(F)c1Br. The molecule has 0 saturated heterocycles. The van der Waals surface area contributed by atoms with Gasteiger partial charge in [-0.1, -0.05) is 0 Å². The average Bonchev–Trinajstić information content (AvgIpc) is 2.09. The van der Waals surface area contributed by atoms with Crippen LogP contribution in [0.3, 0.4) is 0 Å². The first-order chi connectivity index (χ1) is 5.70. The van der Waals surface area contributed by atoms with Crippen LogP contribution in [0.1, 0.15) is 5.56 Å². The van der Waals surface area contributed by atoms with Crippen molar-refractivity contribution in [3.05, 3.63) is 28.0 Å². The monoisotopic (exact) mass is 230 g/mol. The van der Waals surface area contributed by atoms with Crippen molar-refractivity contribution in [3.63, 3.8) is 0 Å². The summed E-state index contributed by atoms with van der Waals surface area (Å²) in [6.07, 6.45) is 1.18. The van der Waals surface area contributed by atoms with Crippen molar-refractivity contribution >= 4 is 27.8 Å². The van der Waals surface area contributed by atoms with Gasteiger partial charge in [0.25, 0.3) is 0 Å². The van der Waals surface area contributed by atoms with Crippen LogP contribution in [-0.2, 0) is 0 Å². The highest BCUT2D eigenvalue weighted by atomic mass is 79.9. The Bertz CT molecular complexity index is 312. The lowest BCUT2D eigenvalue weighted by Crippen LogP contribution is -1.97. The van der Waals surface area contributed by atoms with E-state index in [4.69, 9.17) is 5.41 Å². The van der Waals surface area contributed by atoms with Crippen molar-refractivity contribution in [2.45, 2.75) is 0 Å². The van der Waals surface area contributed by atoms with E-state index < -0.39 is 0 Å². The van der Waals surface area contributed by atoms with Crippen LogP contribution < -0.4 is 5.32 Å². The lowest BCUT2D eigenvalue weighted by atomic mass is 10.2. The van der Waals surface area contributed by atoms with Crippen LogP contribution in [0, 0.1) is 11.2 Å². The minimum absolute atomic E-state index is 0.329. The number of halogens is 2. The van der Waals surface area contributed by atoms with Crippen molar-refractivity contribution in [3.8, 4) is 0 Å². The van der Waals surface area contributed by atoms with Gasteiger partial charge in [0.05, 0.1) is 10.2 Å². The summed E-state index contributed by atoms with van der Waals surface area (Å²) in [5.41, 5.74) is 1.26. The molecular weight excluding hydrogens is 223 g/mol. The topological polar surface area (TPSA) is 35.9 Å². The largest absolute Gasteiger partial charge is 0.387 e. The first-order valence-corrected chi connectivity index (χ1v) is 4.16. The maximum absolute atomic E-state index is 12.9. The number of hydrogen-bond donors (Lipinski definition) is 2. The molecule has 0 aliphatic rings. The Labute approximate surface area is 78.4 Å². The zero-order chi connectivity index (χ0) is 9.14. The molecule has 0 atom stereocenters. The molecule has 0 unspecified atom stereocenters. The van der Waals surface area contributed by atoms with Crippen molar-refractivity contribution in [2.75, 3.05) is 12.4 Å². The highest BCUT2D eigenvalue weighted by Crippen LogP contribution is 2.27. The van der Waals surface area contributed by atoms with E-state index in [1.165, 1.54) is 12.3 Å². The van der Waals surface area contributed by atoms with Crippen molar-refractivity contribution in [1.29, 1.82) is 5.41 Å². The minimum Gasteiger partial charge on any atom is -0.387 e. The van der Waals surface area contributed by atoms with Gasteiger partial charge >= 0.3 is 0 Å². The number of anilines is 1. The molecule has 1 aromatic rings. The highest BCUT2D eigenvalue weighted by Gasteiger charge is 2.07. The van der Waals surface area contributed by atoms with Crippen LogP contribution in [-0.4, -0.2) is 13.3 Å². The fourth-order valence-electron chi connectivity index (χ4n) is 0.940. The molecule has 2 N–H and O–H groups in total. The molecule has 0 aliphatic heterocycles. The van der Waals surface area contributed by atoms with Crippen LogP contribution in [0.15, 0.2) is 16.6 Å². The molecule has 0 aliphatic carbocycles. The molecule has 0 radical (unpaired) electrons.